The zero-order valence-electron chi connectivity index (χ0n) is 13.8. The van der Waals surface area contributed by atoms with Crippen LogP contribution in [0.3, 0.4) is 0 Å². The van der Waals surface area contributed by atoms with Crippen LogP contribution in [0.5, 0.6) is 0 Å². The van der Waals surface area contributed by atoms with Gasteiger partial charge >= 0.3 is 0 Å². The summed E-state index contributed by atoms with van der Waals surface area (Å²) in [7, 11) is 0. The number of rotatable bonds is 3. The van der Waals surface area contributed by atoms with E-state index in [0.717, 1.165) is 17.9 Å². The fraction of sp³-hybridized carbons (Fsp3) is 0.412. The number of piperazine rings is 1. The average molecular weight is 353 g/mol. The van der Waals surface area contributed by atoms with Gasteiger partial charge in [-0.2, -0.15) is 5.10 Å². The van der Waals surface area contributed by atoms with E-state index in [2.05, 4.69) is 17.3 Å². The lowest BCUT2D eigenvalue weighted by atomic mass is 10.1. The Morgan fingerprint density at radius 2 is 2.08 bits per heavy atom. The van der Waals surface area contributed by atoms with Crippen LogP contribution in [0.15, 0.2) is 30.5 Å². The molecule has 130 valence electrons. The molecule has 1 aromatic carbocycles. The molecule has 1 aliphatic heterocycles. The van der Waals surface area contributed by atoms with E-state index in [0.29, 0.717) is 31.1 Å². The maximum atomic E-state index is 13.1. The lowest BCUT2D eigenvalue weighted by Crippen LogP contribution is -2.51. The number of aromatic nitrogens is 2. The van der Waals surface area contributed by atoms with Crippen molar-refractivity contribution in [1.29, 1.82) is 0 Å². The highest BCUT2D eigenvalue weighted by atomic mass is 35.5. The maximum Gasteiger partial charge on any atom is 0.257 e. The summed E-state index contributed by atoms with van der Waals surface area (Å²) in [4.78, 5) is 14.7. The summed E-state index contributed by atoms with van der Waals surface area (Å²) in [6.07, 6.45) is 2.30. The van der Waals surface area contributed by atoms with Crippen LogP contribution in [0.1, 0.15) is 29.9 Å². The van der Waals surface area contributed by atoms with Gasteiger partial charge in [0.1, 0.15) is 5.82 Å². The van der Waals surface area contributed by atoms with Crippen molar-refractivity contribution in [3.05, 3.63) is 47.5 Å². The standard InChI is InChI=1S/C17H21FN4O.ClH/c1-3-16-15(17(23)21-9-8-19-12(2)11-21)10-20-22(16)14-6-4-13(18)5-7-14;/h4-7,10,12,19H,3,8-9,11H2,1-2H3;1H. The Kier molecular flexibility index (Phi) is 5.96. The summed E-state index contributed by atoms with van der Waals surface area (Å²) in [5, 5.41) is 7.69. The summed E-state index contributed by atoms with van der Waals surface area (Å²) in [6.45, 7) is 6.27. The molecule has 7 heteroatoms. The third-order valence-electron chi connectivity index (χ3n) is 4.16. The Balaban J connectivity index is 0.00000208. The van der Waals surface area contributed by atoms with Gasteiger partial charge in [-0.25, -0.2) is 9.07 Å². The van der Waals surface area contributed by atoms with Crippen molar-refractivity contribution in [3.8, 4) is 5.69 Å². The quantitative estimate of drug-likeness (QED) is 0.923. The van der Waals surface area contributed by atoms with Crippen molar-refractivity contribution in [1.82, 2.24) is 20.0 Å². The Hall–Kier alpha value is -1.92. The molecule has 0 saturated carbocycles. The Morgan fingerprint density at radius 1 is 1.38 bits per heavy atom. The normalized spacial score (nSPS) is 17.5. The van der Waals surface area contributed by atoms with Crippen LogP contribution in [0.2, 0.25) is 0 Å². The first-order valence-electron chi connectivity index (χ1n) is 7.95. The number of benzene rings is 1. The van der Waals surface area contributed by atoms with Crippen molar-refractivity contribution in [3.63, 3.8) is 0 Å². The summed E-state index contributed by atoms with van der Waals surface area (Å²) >= 11 is 0. The fourth-order valence-electron chi connectivity index (χ4n) is 2.98. The van der Waals surface area contributed by atoms with E-state index in [1.165, 1.54) is 12.1 Å². The molecule has 0 radical (unpaired) electrons. The van der Waals surface area contributed by atoms with Crippen LogP contribution in [0.4, 0.5) is 4.39 Å². The van der Waals surface area contributed by atoms with Crippen molar-refractivity contribution in [2.75, 3.05) is 19.6 Å². The second-order valence-corrected chi connectivity index (χ2v) is 5.85. The molecule has 5 nitrogen and oxygen atoms in total. The average Bonchev–Trinajstić information content (AvgIpc) is 2.98. The van der Waals surface area contributed by atoms with Gasteiger partial charge in [-0.3, -0.25) is 4.79 Å². The number of halogens is 2. The van der Waals surface area contributed by atoms with E-state index in [4.69, 9.17) is 0 Å². The topological polar surface area (TPSA) is 50.2 Å². The Morgan fingerprint density at radius 3 is 2.71 bits per heavy atom. The minimum absolute atomic E-state index is 0. The molecule has 2 aromatic rings. The van der Waals surface area contributed by atoms with E-state index < -0.39 is 0 Å². The van der Waals surface area contributed by atoms with E-state index in [1.807, 2.05) is 11.8 Å². The van der Waals surface area contributed by atoms with Gasteiger partial charge in [-0.15, -0.1) is 12.4 Å². The minimum Gasteiger partial charge on any atom is -0.336 e. The van der Waals surface area contributed by atoms with E-state index in [9.17, 15) is 9.18 Å². The number of nitrogens with zero attached hydrogens (tertiary/aromatic N) is 3. The summed E-state index contributed by atoms with van der Waals surface area (Å²) < 4.78 is 14.8. The molecule has 1 amide bonds. The molecule has 1 unspecified atom stereocenters. The Bertz CT molecular complexity index is 701. The molecule has 1 saturated heterocycles. The molecule has 1 atom stereocenters. The molecule has 1 N–H and O–H groups in total. The zero-order valence-corrected chi connectivity index (χ0v) is 14.6. The summed E-state index contributed by atoms with van der Waals surface area (Å²) in [6, 6.07) is 6.43. The number of carbonyl (C=O) groups excluding carboxylic acids is 1. The van der Waals surface area contributed by atoms with Gasteiger partial charge in [0.2, 0.25) is 0 Å². The molecular weight excluding hydrogens is 331 g/mol. The number of nitrogens with one attached hydrogen (secondary N) is 1. The summed E-state index contributed by atoms with van der Waals surface area (Å²) in [5.41, 5.74) is 2.25. The first kappa shape index (κ1) is 18.4. The number of hydrogen-bond donors (Lipinski definition) is 1. The lowest BCUT2D eigenvalue weighted by molar-refractivity contribution is 0.0708. The second-order valence-electron chi connectivity index (χ2n) is 5.85. The number of hydrogen-bond acceptors (Lipinski definition) is 3. The molecule has 3 rings (SSSR count). The van der Waals surface area contributed by atoms with Crippen LogP contribution in [0.25, 0.3) is 5.69 Å². The van der Waals surface area contributed by atoms with Crippen LogP contribution in [-0.4, -0.2) is 46.3 Å². The predicted octanol–water partition coefficient (Wildman–Crippen LogP) is 2.43. The molecule has 1 aromatic heterocycles. The fourth-order valence-corrected chi connectivity index (χ4v) is 2.98. The van der Waals surface area contributed by atoms with Crippen LogP contribution >= 0.6 is 12.4 Å². The SMILES string of the molecule is CCc1c(C(=O)N2CCNC(C)C2)cnn1-c1ccc(F)cc1.Cl. The molecule has 0 bridgehead atoms. The van der Waals surface area contributed by atoms with Crippen LogP contribution < -0.4 is 5.32 Å². The van der Waals surface area contributed by atoms with Gasteiger partial charge in [-0.05, 0) is 37.6 Å². The first-order chi connectivity index (χ1) is 11.1. The zero-order chi connectivity index (χ0) is 16.4. The first-order valence-corrected chi connectivity index (χ1v) is 7.95. The van der Waals surface area contributed by atoms with Crippen molar-refractivity contribution >= 4 is 18.3 Å². The molecule has 1 aliphatic rings. The monoisotopic (exact) mass is 352 g/mol. The summed E-state index contributed by atoms with van der Waals surface area (Å²) in [5.74, 6) is -0.270. The van der Waals surface area contributed by atoms with Crippen LogP contribution in [0, 0.1) is 5.82 Å². The maximum absolute atomic E-state index is 13.1. The molecule has 0 spiro atoms. The highest BCUT2D eigenvalue weighted by Gasteiger charge is 2.25. The predicted molar refractivity (Wildman–Crippen MR) is 93.5 cm³/mol. The molecular formula is C17H22ClFN4O. The molecule has 2 heterocycles. The van der Waals surface area contributed by atoms with Gasteiger partial charge in [0.05, 0.1) is 23.1 Å². The molecule has 24 heavy (non-hydrogen) atoms. The lowest BCUT2D eigenvalue weighted by Gasteiger charge is -2.31. The molecule has 1 fully saturated rings. The van der Waals surface area contributed by atoms with E-state index in [-0.39, 0.29) is 24.1 Å². The van der Waals surface area contributed by atoms with Gasteiger partial charge in [0.15, 0.2) is 0 Å². The highest BCUT2D eigenvalue weighted by molar-refractivity contribution is 5.95. The van der Waals surface area contributed by atoms with Crippen LogP contribution in [-0.2, 0) is 6.42 Å². The minimum atomic E-state index is -0.287. The van der Waals surface area contributed by atoms with E-state index in [1.54, 1.807) is 23.0 Å². The second kappa shape index (κ2) is 7.77. The van der Waals surface area contributed by atoms with Gasteiger partial charge in [-0.1, -0.05) is 6.92 Å². The third-order valence-corrected chi connectivity index (χ3v) is 4.16. The smallest absolute Gasteiger partial charge is 0.257 e. The Labute approximate surface area is 147 Å². The van der Waals surface area contributed by atoms with Crippen molar-refractivity contribution < 1.29 is 9.18 Å². The van der Waals surface area contributed by atoms with Gasteiger partial charge in [0.25, 0.3) is 5.91 Å². The largest absolute Gasteiger partial charge is 0.336 e. The van der Waals surface area contributed by atoms with Gasteiger partial charge < -0.3 is 10.2 Å². The number of amides is 1. The van der Waals surface area contributed by atoms with E-state index >= 15 is 0 Å². The number of carbonyl (C=O) groups is 1. The van der Waals surface area contributed by atoms with Crippen molar-refractivity contribution in [2.45, 2.75) is 26.3 Å². The highest BCUT2D eigenvalue weighted by Crippen LogP contribution is 2.18. The van der Waals surface area contributed by atoms with Crippen molar-refractivity contribution in [2.24, 2.45) is 0 Å². The molecule has 0 aliphatic carbocycles. The van der Waals surface area contributed by atoms with Gasteiger partial charge in [0, 0.05) is 25.7 Å². The third kappa shape index (κ3) is 3.60.